The second kappa shape index (κ2) is 15.4. The lowest BCUT2D eigenvalue weighted by molar-refractivity contribution is -0.0190. The molecule has 0 bridgehead atoms. The number of sulfonamides is 1. The minimum atomic E-state index is -3.53. The Balaban J connectivity index is 1.89. The maximum atomic E-state index is 14.1. The van der Waals surface area contributed by atoms with Gasteiger partial charge >= 0.3 is 0 Å². The summed E-state index contributed by atoms with van der Waals surface area (Å²) in [6.45, 7) is 8.59. The molecule has 1 aliphatic carbocycles. The molecule has 40 heavy (non-hydrogen) atoms. The summed E-state index contributed by atoms with van der Waals surface area (Å²) in [5, 5.41) is 10.1. The molecule has 1 aliphatic heterocycles. The van der Waals surface area contributed by atoms with E-state index in [-0.39, 0.29) is 36.2 Å². The summed E-state index contributed by atoms with van der Waals surface area (Å²) in [6, 6.07) is 4.35. The molecule has 2 aliphatic rings. The zero-order valence-corrected chi connectivity index (χ0v) is 25.9. The maximum Gasteiger partial charge on any atom is 0.258 e. The number of aliphatic hydroxyl groups excluding tert-OH is 1. The molecule has 4 atom stereocenters. The highest BCUT2D eigenvalue weighted by Gasteiger charge is 2.31. The third-order valence-electron chi connectivity index (χ3n) is 8.14. The molecule has 0 spiro atoms. The average molecular weight is 582 g/mol. The lowest BCUT2D eigenvalue weighted by atomic mass is 9.89. The van der Waals surface area contributed by atoms with Crippen molar-refractivity contribution in [1.82, 2.24) is 9.80 Å². The van der Waals surface area contributed by atoms with Gasteiger partial charge in [0.25, 0.3) is 5.91 Å². The molecule has 0 aromatic heterocycles. The molecule has 228 valence electrons. The van der Waals surface area contributed by atoms with Crippen LogP contribution < -0.4 is 9.46 Å². The van der Waals surface area contributed by atoms with Gasteiger partial charge < -0.3 is 24.4 Å². The predicted octanol–water partition coefficient (Wildman–Crippen LogP) is 4.37. The number of carbonyl (C=O) groups excluding carboxylic acids is 1. The number of rotatable bonds is 8. The van der Waals surface area contributed by atoms with Gasteiger partial charge in [0, 0.05) is 37.8 Å². The third-order valence-corrected chi connectivity index (χ3v) is 8.75. The Morgan fingerprint density at radius 1 is 1.10 bits per heavy atom. The smallest absolute Gasteiger partial charge is 0.258 e. The van der Waals surface area contributed by atoms with Crippen molar-refractivity contribution in [1.29, 1.82) is 0 Å². The second-order valence-corrected chi connectivity index (χ2v) is 13.9. The summed E-state index contributed by atoms with van der Waals surface area (Å²) in [5.41, 5.74) is 0.569. The Morgan fingerprint density at radius 2 is 1.80 bits per heavy atom. The Bertz CT molecular complexity index is 1050. The van der Waals surface area contributed by atoms with E-state index < -0.39 is 16.1 Å². The lowest BCUT2D eigenvalue weighted by Gasteiger charge is -2.36. The van der Waals surface area contributed by atoms with Gasteiger partial charge in [-0.2, -0.15) is 0 Å². The quantitative estimate of drug-likeness (QED) is 0.470. The van der Waals surface area contributed by atoms with E-state index in [2.05, 4.69) is 23.6 Å². The molecule has 1 aromatic carbocycles. The van der Waals surface area contributed by atoms with Crippen LogP contribution in [0, 0.1) is 11.8 Å². The van der Waals surface area contributed by atoms with Crippen molar-refractivity contribution in [2.24, 2.45) is 11.8 Å². The highest BCUT2D eigenvalue weighted by molar-refractivity contribution is 7.92. The first kappa shape index (κ1) is 32.6. The van der Waals surface area contributed by atoms with E-state index in [0.717, 1.165) is 44.5 Å². The highest BCUT2D eigenvalue weighted by atomic mass is 32.2. The second-order valence-electron chi connectivity index (χ2n) is 12.1. The Labute approximate surface area is 241 Å². The molecular formula is C30H51N3O6S. The predicted molar refractivity (Wildman–Crippen MR) is 159 cm³/mol. The number of nitrogens with zero attached hydrogens (tertiary/aromatic N) is 2. The van der Waals surface area contributed by atoms with Crippen LogP contribution in [0.1, 0.15) is 82.5 Å². The van der Waals surface area contributed by atoms with Crippen LogP contribution >= 0.6 is 0 Å². The van der Waals surface area contributed by atoms with Crippen LogP contribution in [0.4, 0.5) is 5.69 Å². The van der Waals surface area contributed by atoms with Gasteiger partial charge in [-0.25, -0.2) is 8.42 Å². The number of nitrogens with one attached hydrogen (secondary N) is 1. The molecule has 1 heterocycles. The average Bonchev–Trinajstić information content (AvgIpc) is 2.90. The van der Waals surface area contributed by atoms with Crippen LogP contribution in [0.15, 0.2) is 18.2 Å². The van der Waals surface area contributed by atoms with E-state index in [4.69, 9.17) is 9.47 Å². The zero-order valence-electron chi connectivity index (χ0n) is 25.1. The molecule has 1 saturated carbocycles. The van der Waals surface area contributed by atoms with Crippen molar-refractivity contribution >= 4 is 21.6 Å². The van der Waals surface area contributed by atoms with E-state index in [9.17, 15) is 18.3 Å². The van der Waals surface area contributed by atoms with Crippen LogP contribution in [0.25, 0.3) is 0 Å². The summed E-state index contributed by atoms with van der Waals surface area (Å²) >= 11 is 0. The zero-order chi connectivity index (χ0) is 29.3. The number of likely N-dealkylation sites (N-methyl/N-ethyl adjacent to an activating group) is 1. The topological polar surface area (TPSA) is 108 Å². The number of carbonyl (C=O) groups is 1. The summed E-state index contributed by atoms with van der Waals surface area (Å²) in [4.78, 5) is 18.1. The fourth-order valence-corrected chi connectivity index (χ4v) is 6.41. The van der Waals surface area contributed by atoms with Crippen molar-refractivity contribution in [2.45, 2.75) is 90.4 Å². The molecule has 3 rings (SSSR count). The van der Waals surface area contributed by atoms with E-state index in [1.165, 1.54) is 38.2 Å². The first-order chi connectivity index (χ1) is 19.0. The van der Waals surface area contributed by atoms with Gasteiger partial charge in [-0.1, -0.05) is 26.2 Å². The van der Waals surface area contributed by atoms with E-state index in [1.807, 2.05) is 13.8 Å². The van der Waals surface area contributed by atoms with Gasteiger partial charge in [0.05, 0.1) is 36.7 Å². The van der Waals surface area contributed by atoms with Crippen LogP contribution in [0.2, 0.25) is 0 Å². The molecule has 0 radical (unpaired) electrons. The number of fused-ring (bicyclic) bond motifs is 1. The normalized spacial score (nSPS) is 25.1. The third kappa shape index (κ3) is 10.2. The summed E-state index contributed by atoms with van der Waals surface area (Å²) in [6.07, 6.45) is 10.1. The van der Waals surface area contributed by atoms with Crippen molar-refractivity contribution < 1.29 is 27.8 Å². The largest absolute Gasteiger partial charge is 0.490 e. The van der Waals surface area contributed by atoms with Crippen LogP contribution in [0.3, 0.4) is 0 Å². The number of benzene rings is 1. The van der Waals surface area contributed by atoms with E-state index in [0.29, 0.717) is 24.6 Å². The molecule has 1 amide bonds. The number of aliphatic hydroxyl groups is 1. The van der Waals surface area contributed by atoms with Crippen LogP contribution in [-0.4, -0.2) is 93.6 Å². The van der Waals surface area contributed by atoms with Gasteiger partial charge in [-0.3, -0.25) is 9.52 Å². The van der Waals surface area contributed by atoms with Crippen LogP contribution in [0.5, 0.6) is 5.75 Å². The Hall–Kier alpha value is -1.88. The molecule has 0 saturated heterocycles. The molecule has 2 N–H and O–H groups in total. The van der Waals surface area contributed by atoms with Gasteiger partial charge in [0.1, 0.15) is 5.75 Å². The SMILES string of the molecule is C[C@@H]1CN([C@H](C)CO)C(=O)c2cc(NS(C)(=O)=O)ccc2O[C@@H](C)CCCCO[C@@H]1CN(C)CC1CCCCC1. The summed E-state index contributed by atoms with van der Waals surface area (Å²) in [7, 11) is -1.36. The highest BCUT2D eigenvalue weighted by Crippen LogP contribution is 2.29. The minimum Gasteiger partial charge on any atom is -0.490 e. The maximum absolute atomic E-state index is 14.1. The lowest BCUT2D eigenvalue weighted by Crippen LogP contribution is -2.47. The number of hydrogen-bond donors (Lipinski definition) is 2. The molecule has 1 aromatic rings. The minimum absolute atomic E-state index is 0.00955. The van der Waals surface area contributed by atoms with Gasteiger partial charge in [-0.15, -0.1) is 0 Å². The molecule has 0 unspecified atom stereocenters. The van der Waals surface area contributed by atoms with Gasteiger partial charge in [-0.05, 0) is 77.1 Å². The number of amides is 1. The Morgan fingerprint density at radius 3 is 2.48 bits per heavy atom. The van der Waals surface area contributed by atoms with Gasteiger partial charge in [0.2, 0.25) is 10.0 Å². The van der Waals surface area contributed by atoms with E-state index >= 15 is 0 Å². The number of ether oxygens (including phenoxy) is 2. The standard InChI is InChI=1S/C30H51N3O6S/c1-22-18-33(23(2)21-34)30(35)27-17-26(31-40(5,36)37)14-15-28(27)39-24(3)11-9-10-16-38-29(22)20-32(4)19-25-12-7-6-8-13-25/h14-15,17,22-25,29,31,34H,6-13,16,18-21H2,1-5H3/t22-,23-,24+,29-/m1/s1. The number of hydrogen-bond acceptors (Lipinski definition) is 7. The summed E-state index contributed by atoms with van der Waals surface area (Å²) < 4.78 is 38.9. The summed E-state index contributed by atoms with van der Waals surface area (Å²) in [5.74, 6) is 0.846. The Kier molecular flexibility index (Phi) is 12.5. The van der Waals surface area contributed by atoms with Crippen molar-refractivity contribution in [3.05, 3.63) is 23.8 Å². The van der Waals surface area contributed by atoms with Crippen LogP contribution in [-0.2, 0) is 14.8 Å². The van der Waals surface area contributed by atoms with E-state index in [1.54, 1.807) is 17.0 Å². The van der Waals surface area contributed by atoms with Crippen molar-refractivity contribution in [2.75, 3.05) is 50.9 Å². The first-order valence-corrected chi connectivity index (χ1v) is 16.9. The van der Waals surface area contributed by atoms with Gasteiger partial charge in [0.15, 0.2) is 0 Å². The number of anilines is 1. The fraction of sp³-hybridized carbons (Fsp3) is 0.767. The van der Waals surface area contributed by atoms with Crippen molar-refractivity contribution in [3.8, 4) is 5.75 Å². The monoisotopic (exact) mass is 581 g/mol. The van der Waals surface area contributed by atoms with Crippen molar-refractivity contribution in [3.63, 3.8) is 0 Å². The first-order valence-electron chi connectivity index (χ1n) is 15.0. The molecular weight excluding hydrogens is 530 g/mol. The molecule has 9 nitrogen and oxygen atoms in total. The fourth-order valence-electron chi connectivity index (χ4n) is 5.85. The molecule has 1 fully saturated rings. The molecule has 10 heteroatoms.